The highest BCUT2D eigenvalue weighted by Crippen LogP contribution is 2.32. The quantitative estimate of drug-likeness (QED) is 0.660. The van der Waals surface area contributed by atoms with E-state index in [1.165, 1.54) is 6.07 Å². The highest BCUT2D eigenvalue weighted by Gasteiger charge is 2.37. The SMILES string of the molecule is Cc1cc(-c2ccccc2)cc(C(=O)CNS(=O)(=O)CC2CCC3CCC2N3)c1F. The minimum Gasteiger partial charge on any atom is -0.311 e. The first kappa shape index (κ1) is 21.2. The van der Waals surface area contributed by atoms with Crippen LogP contribution in [-0.4, -0.2) is 38.6 Å². The maximum Gasteiger partial charge on any atom is 0.212 e. The first-order chi connectivity index (χ1) is 14.3. The van der Waals surface area contributed by atoms with E-state index in [9.17, 15) is 17.6 Å². The van der Waals surface area contributed by atoms with Crippen molar-refractivity contribution in [1.29, 1.82) is 0 Å². The fourth-order valence-corrected chi connectivity index (χ4v) is 6.08. The van der Waals surface area contributed by atoms with Gasteiger partial charge in [0, 0.05) is 12.1 Å². The smallest absolute Gasteiger partial charge is 0.212 e. The van der Waals surface area contributed by atoms with E-state index in [-0.39, 0.29) is 23.3 Å². The Morgan fingerprint density at radius 1 is 1.10 bits per heavy atom. The van der Waals surface area contributed by atoms with Crippen molar-refractivity contribution in [3.63, 3.8) is 0 Å². The number of hydrogen-bond acceptors (Lipinski definition) is 4. The third-order valence-electron chi connectivity index (χ3n) is 6.28. The van der Waals surface area contributed by atoms with Crippen LogP contribution in [0.1, 0.15) is 41.6 Å². The lowest BCUT2D eigenvalue weighted by Gasteiger charge is -2.29. The molecule has 2 aliphatic heterocycles. The Labute approximate surface area is 177 Å². The molecule has 2 aliphatic rings. The zero-order valence-corrected chi connectivity index (χ0v) is 17.8. The molecular formula is C23H27FN2O3S. The number of piperidine rings is 1. The minimum absolute atomic E-state index is 0.00374. The van der Waals surface area contributed by atoms with Crippen LogP contribution in [0.5, 0.6) is 0 Å². The standard InChI is InChI=1S/C23H27FN2O3S/c1-15-11-18(16-5-3-2-4-6-16)12-20(23(15)24)22(27)13-25-30(28,29)14-17-7-8-19-9-10-21(17)26-19/h2-6,11-12,17,19,21,25-26H,7-10,13-14H2,1H3. The van der Waals surface area contributed by atoms with Gasteiger partial charge in [-0.15, -0.1) is 0 Å². The number of carbonyl (C=O) groups excluding carboxylic acids is 1. The molecular weight excluding hydrogens is 403 g/mol. The lowest BCUT2D eigenvalue weighted by molar-refractivity contribution is 0.0993. The zero-order chi connectivity index (χ0) is 21.3. The molecule has 3 unspecified atom stereocenters. The van der Waals surface area contributed by atoms with E-state index >= 15 is 0 Å². The van der Waals surface area contributed by atoms with E-state index in [1.54, 1.807) is 13.0 Å². The van der Waals surface area contributed by atoms with Crippen molar-refractivity contribution in [3.8, 4) is 11.1 Å². The summed E-state index contributed by atoms with van der Waals surface area (Å²) in [6.07, 6.45) is 3.97. The summed E-state index contributed by atoms with van der Waals surface area (Å²) in [6.45, 7) is 1.16. The number of aryl methyl sites for hydroxylation is 1. The summed E-state index contributed by atoms with van der Waals surface area (Å²) < 4.78 is 42.2. The number of benzene rings is 2. The fourth-order valence-electron chi connectivity index (χ4n) is 4.65. The van der Waals surface area contributed by atoms with Crippen molar-refractivity contribution in [1.82, 2.24) is 10.0 Å². The number of hydrogen-bond donors (Lipinski definition) is 2. The second kappa shape index (κ2) is 8.57. The van der Waals surface area contributed by atoms with Gasteiger partial charge in [-0.1, -0.05) is 30.3 Å². The molecule has 0 saturated carbocycles. The molecule has 2 fully saturated rings. The van der Waals surface area contributed by atoms with Crippen LogP contribution < -0.4 is 10.0 Å². The normalized spacial score (nSPS) is 23.5. The molecule has 0 aliphatic carbocycles. The third-order valence-corrected chi connectivity index (χ3v) is 7.73. The van der Waals surface area contributed by atoms with Crippen molar-refractivity contribution in [2.24, 2.45) is 5.92 Å². The van der Waals surface area contributed by atoms with Gasteiger partial charge < -0.3 is 5.32 Å². The number of carbonyl (C=O) groups is 1. The maximum atomic E-state index is 14.6. The lowest BCUT2D eigenvalue weighted by atomic mass is 9.94. The first-order valence-corrected chi connectivity index (χ1v) is 12.1. The van der Waals surface area contributed by atoms with E-state index in [0.717, 1.165) is 36.8 Å². The lowest BCUT2D eigenvalue weighted by Crippen LogP contribution is -2.45. The van der Waals surface area contributed by atoms with Gasteiger partial charge in [0.15, 0.2) is 5.78 Å². The first-order valence-electron chi connectivity index (χ1n) is 10.4. The monoisotopic (exact) mass is 430 g/mol. The molecule has 0 spiro atoms. The molecule has 2 saturated heterocycles. The molecule has 2 aromatic rings. The van der Waals surface area contributed by atoms with Crippen LogP contribution in [-0.2, 0) is 10.0 Å². The molecule has 160 valence electrons. The number of halogens is 1. The second-order valence-corrected chi connectivity index (χ2v) is 10.3. The van der Waals surface area contributed by atoms with E-state index in [0.29, 0.717) is 11.6 Å². The van der Waals surface area contributed by atoms with Gasteiger partial charge in [0.2, 0.25) is 10.0 Å². The molecule has 0 aromatic heterocycles. The summed E-state index contributed by atoms with van der Waals surface area (Å²) in [5.41, 5.74) is 1.86. The number of rotatable bonds is 7. The molecule has 30 heavy (non-hydrogen) atoms. The summed E-state index contributed by atoms with van der Waals surface area (Å²) in [7, 11) is -3.63. The topological polar surface area (TPSA) is 75.3 Å². The van der Waals surface area contributed by atoms with Crippen LogP contribution in [0.3, 0.4) is 0 Å². The highest BCUT2D eigenvalue weighted by atomic mass is 32.2. The molecule has 4 rings (SSSR count). The van der Waals surface area contributed by atoms with Crippen LogP contribution in [0.4, 0.5) is 4.39 Å². The Hall–Kier alpha value is -2.09. The van der Waals surface area contributed by atoms with Crippen LogP contribution in [0.15, 0.2) is 42.5 Å². The van der Waals surface area contributed by atoms with Crippen molar-refractivity contribution >= 4 is 15.8 Å². The van der Waals surface area contributed by atoms with E-state index in [2.05, 4.69) is 10.0 Å². The molecule has 2 bridgehead atoms. The van der Waals surface area contributed by atoms with Crippen LogP contribution >= 0.6 is 0 Å². The number of fused-ring (bicyclic) bond motifs is 2. The van der Waals surface area contributed by atoms with E-state index in [4.69, 9.17) is 0 Å². The second-order valence-electron chi connectivity index (χ2n) is 8.43. The van der Waals surface area contributed by atoms with Gasteiger partial charge in [0.05, 0.1) is 17.9 Å². The van der Waals surface area contributed by atoms with Gasteiger partial charge in [-0.25, -0.2) is 17.5 Å². The summed E-state index contributed by atoms with van der Waals surface area (Å²) in [5, 5.41) is 3.48. The van der Waals surface area contributed by atoms with Gasteiger partial charge in [-0.3, -0.25) is 4.79 Å². The van der Waals surface area contributed by atoms with Crippen molar-refractivity contribution in [2.45, 2.75) is 44.7 Å². The van der Waals surface area contributed by atoms with Gasteiger partial charge in [-0.2, -0.15) is 0 Å². The molecule has 7 heteroatoms. The van der Waals surface area contributed by atoms with Crippen molar-refractivity contribution in [3.05, 3.63) is 59.4 Å². The zero-order valence-electron chi connectivity index (χ0n) is 17.0. The van der Waals surface area contributed by atoms with Gasteiger partial charge in [-0.05, 0) is 67.3 Å². The summed E-state index contributed by atoms with van der Waals surface area (Å²) >= 11 is 0. The maximum absolute atomic E-state index is 14.6. The number of sulfonamides is 1. The van der Waals surface area contributed by atoms with Crippen molar-refractivity contribution in [2.75, 3.05) is 12.3 Å². The molecule has 2 N–H and O–H groups in total. The molecule has 2 aromatic carbocycles. The Morgan fingerprint density at radius 3 is 2.60 bits per heavy atom. The predicted octanol–water partition coefficient (Wildman–Crippen LogP) is 3.43. The van der Waals surface area contributed by atoms with Crippen LogP contribution in [0.2, 0.25) is 0 Å². The number of Topliss-reactive ketones (excluding diaryl/α,β-unsaturated/α-hetero) is 1. The fraction of sp³-hybridized carbons (Fsp3) is 0.435. The highest BCUT2D eigenvalue weighted by molar-refractivity contribution is 7.89. The van der Waals surface area contributed by atoms with E-state index in [1.807, 2.05) is 30.3 Å². The average molecular weight is 431 g/mol. The molecule has 2 heterocycles. The summed E-state index contributed by atoms with van der Waals surface area (Å²) in [6, 6.07) is 13.3. The van der Waals surface area contributed by atoms with Crippen LogP contribution in [0, 0.1) is 18.7 Å². The van der Waals surface area contributed by atoms with E-state index < -0.39 is 28.2 Å². The summed E-state index contributed by atoms with van der Waals surface area (Å²) in [4.78, 5) is 12.7. The van der Waals surface area contributed by atoms with Crippen LogP contribution in [0.25, 0.3) is 11.1 Å². The van der Waals surface area contributed by atoms with Gasteiger partial charge in [0.1, 0.15) is 5.82 Å². The number of ketones is 1. The molecule has 0 radical (unpaired) electrons. The van der Waals surface area contributed by atoms with Gasteiger partial charge in [0.25, 0.3) is 0 Å². The Kier molecular flexibility index (Phi) is 6.04. The van der Waals surface area contributed by atoms with Gasteiger partial charge >= 0.3 is 0 Å². The Bertz CT molecular complexity index is 1040. The molecule has 0 amide bonds. The average Bonchev–Trinajstić information content (AvgIpc) is 3.13. The molecule has 3 atom stereocenters. The summed E-state index contributed by atoms with van der Waals surface area (Å²) in [5.74, 6) is -1.13. The Morgan fingerprint density at radius 2 is 1.83 bits per heavy atom. The predicted molar refractivity (Wildman–Crippen MR) is 115 cm³/mol. The van der Waals surface area contributed by atoms with Crippen molar-refractivity contribution < 1.29 is 17.6 Å². The number of nitrogens with one attached hydrogen (secondary N) is 2. The minimum atomic E-state index is -3.63. The third kappa shape index (κ3) is 4.63. The Balaban J connectivity index is 1.45. The molecule has 5 nitrogen and oxygen atoms in total. The largest absolute Gasteiger partial charge is 0.311 e.